The Labute approximate surface area is 118 Å². The van der Waals surface area contributed by atoms with Crippen LogP contribution in [0.2, 0.25) is 0 Å². The lowest BCUT2D eigenvalue weighted by atomic mass is 9.99. The van der Waals surface area contributed by atoms with Gasteiger partial charge in [0.1, 0.15) is 0 Å². The number of nitrogens with two attached hydrogens (primary N) is 1. The highest BCUT2D eigenvalue weighted by molar-refractivity contribution is 5.91. The molecule has 6 heteroatoms. The van der Waals surface area contributed by atoms with Gasteiger partial charge in [0, 0.05) is 6.04 Å². The molecule has 0 saturated carbocycles. The fourth-order valence-corrected chi connectivity index (χ4v) is 1.63. The largest absolute Gasteiger partial charge is 0.466 e. The molecule has 0 unspecified atom stereocenters. The molecule has 0 aromatic heterocycles. The summed E-state index contributed by atoms with van der Waals surface area (Å²) in [5, 5.41) is 0. The van der Waals surface area contributed by atoms with E-state index >= 15 is 0 Å². The molecule has 5 nitrogen and oxygen atoms in total. The number of hydrogen-bond acceptors (Lipinski definition) is 5. The van der Waals surface area contributed by atoms with Crippen LogP contribution in [0.1, 0.15) is 35.3 Å². The highest BCUT2D eigenvalue weighted by Crippen LogP contribution is 2.20. The standard InChI is InChI=1S/C13H17NO4.ClH/c1-3-18-12(15)8-11(14)9-6-4-5-7-10(9)13(16)17-2;/h4-7,11H,3,8,14H2,1-2H3;1H/t11-;/m1./s1. The fraction of sp³-hybridized carbons (Fsp3) is 0.385. The third-order valence-electron chi connectivity index (χ3n) is 2.46. The molecule has 0 amide bonds. The topological polar surface area (TPSA) is 78.6 Å². The van der Waals surface area contributed by atoms with Crippen LogP contribution in [0.15, 0.2) is 24.3 Å². The molecule has 1 rings (SSSR count). The summed E-state index contributed by atoms with van der Waals surface area (Å²) in [6, 6.07) is 6.21. The summed E-state index contributed by atoms with van der Waals surface area (Å²) in [5.74, 6) is -0.852. The summed E-state index contributed by atoms with van der Waals surface area (Å²) in [4.78, 5) is 22.9. The maximum absolute atomic E-state index is 11.6. The van der Waals surface area contributed by atoms with Gasteiger partial charge in [0.05, 0.1) is 25.7 Å². The van der Waals surface area contributed by atoms with Gasteiger partial charge in [-0.3, -0.25) is 4.79 Å². The molecule has 0 aliphatic rings. The predicted molar refractivity (Wildman–Crippen MR) is 73.2 cm³/mol. The minimum absolute atomic E-state index is 0. The molecule has 0 bridgehead atoms. The molecule has 1 aromatic rings. The van der Waals surface area contributed by atoms with E-state index in [2.05, 4.69) is 4.74 Å². The third-order valence-corrected chi connectivity index (χ3v) is 2.46. The van der Waals surface area contributed by atoms with E-state index in [9.17, 15) is 9.59 Å². The first-order chi connectivity index (χ1) is 8.60. The van der Waals surface area contributed by atoms with Gasteiger partial charge in [0.15, 0.2) is 0 Å². The van der Waals surface area contributed by atoms with Crippen molar-refractivity contribution in [2.24, 2.45) is 5.73 Å². The Morgan fingerprint density at radius 2 is 1.95 bits per heavy atom. The Bertz CT molecular complexity index is 436. The van der Waals surface area contributed by atoms with Gasteiger partial charge in [-0.2, -0.15) is 0 Å². The van der Waals surface area contributed by atoms with Gasteiger partial charge in [-0.05, 0) is 18.6 Å². The van der Waals surface area contributed by atoms with E-state index in [0.29, 0.717) is 17.7 Å². The van der Waals surface area contributed by atoms with Crippen molar-refractivity contribution < 1.29 is 19.1 Å². The van der Waals surface area contributed by atoms with E-state index in [1.54, 1.807) is 31.2 Å². The number of esters is 2. The first-order valence-corrected chi connectivity index (χ1v) is 5.68. The third kappa shape index (κ3) is 4.89. The van der Waals surface area contributed by atoms with Crippen LogP contribution in [0.25, 0.3) is 0 Å². The SMILES string of the molecule is CCOC(=O)C[C@@H](N)c1ccccc1C(=O)OC.Cl. The summed E-state index contributed by atoms with van der Waals surface area (Å²) in [7, 11) is 1.30. The van der Waals surface area contributed by atoms with Gasteiger partial charge in [-0.25, -0.2) is 4.79 Å². The van der Waals surface area contributed by atoms with Crippen LogP contribution in [0, 0.1) is 0 Å². The Hall–Kier alpha value is -1.59. The van der Waals surface area contributed by atoms with Crippen molar-refractivity contribution >= 4 is 24.3 Å². The highest BCUT2D eigenvalue weighted by atomic mass is 35.5. The van der Waals surface area contributed by atoms with Crippen molar-refractivity contribution in [3.63, 3.8) is 0 Å². The van der Waals surface area contributed by atoms with Gasteiger partial charge in [0.25, 0.3) is 0 Å². The molecular weight excluding hydrogens is 270 g/mol. The summed E-state index contributed by atoms with van der Waals surface area (Å²) >= 11 is 0. The second-order valence-corrected chi connectivity index (χ2v) is 3.69. The van der Waals surface area contributed by atoms with Crippen molar-refractivity contribution in [2.45, 2.75) is 19.4 Å². The number of hydrogen-bond donors (Lipinski definition) is 1. The van der Waals surface area contributed by atoms with Crippen LogP contribution in [0.3, 0.4) is 0 Å². The molecule has 1 aromatic carbocycles. The van der Waals surface area contributed by atoms with Crippen molar-refractivity contribution in [2.75, 3.05) is 13.7 Å². The van der Waals surface area contributed by atoms with E-state index < -0.39 is 12.0 Å². The second kappa shape index (κ2) is 8.50. The molecule has 0 saturated heterocycles. The minimum atomic E-state index is -0.584. The molecule has 1 atom stereocenters. The Morgan fingerprint density at radius 1 is 1.32 bits per heavy atom. The first-order valence-electron chi connectivity index (χ1n) is 5.68. The molecule has 0 aliphatic heterocycles. The predicted octanol–water partition coefficient (Wildman–Crippen LogP) is 1.85. The number of carbonyl (C=O) groups is 2. The summed E-state index contributed by atoms with van der Waals surface area (Å²) in [5.41, 5.74) is 6.86. The lowest BCUT2D eigenvalue weighted by Gasteiger charge is -2.14. The van der Waals surface area contributed by atoms with Crippen molar-refractivity contribution in [3.05, 3.63) is 35.4 Å². The van der Waals surface area contributed by atoms with E-state index in [4.69, 9.17) is 10.5 Å². The Balaban J connectivity index is 0.00000324. The van der Waals surface area contributed by atoms with Gasteiger partial charge in [-0.1, -0.05) is 18.2 Å². The molecule has 106 valence electrons. The molecule has 19 heavy (non-hydrogen) atoms. The minimum Gasteiger partial charge on any atom is -0.466 e. The number of benzene rings is 1. The second-order valence-electron chi connectivity index (χ2n) is 3.69. The maximum Gasteiger partial charge on any atom is 0.338 e. The van der Waals surface area contributed by atoms with Crippen LogP contribution < -0.4 is 5.73 Å². The fourth-order valence-electron chi connectivity index (χ4n) is 1.63. The lowest BCUT2D eigenvalue weighted by molar-refractivity contribution is -0.143. The van der Waals surface area contributed by atoms with Crippen molar-refractivity contribution in [1.82, 2.24) is 0 Å². The summed E-state index contributed by atoms with van der Waals surface area (Å²) in [6.45, 7) is 2.04. The molecule has 0 spiro atoms. The van der Waals surface area contributed by atoms with Gasteiger partial charge < -0.3 is 15.2 Å². The zero-order chi connectivity index (χ0) is 13.5. The normalized spacial score (nSPS) is 11.1. The average Bonchev–Trinajstić information content (AvgIpc) is 2.38. The zero-order valence-corrected chi connectivity index (χ0v) is 11.7. The zero-order valence-electron chi connectivity index (χ0n) is 10.9. The summed E-state index contributed by atoms with van der Waals surface area (Å²) < 4.78 is 9.49. The van der Waals surface area contributed by atoms with Gasteiger partial charge in [0.2, 0.25) is 0 Å². The quantitative estimate of drug-likeness (QED) is 0.836. The number of ether oxygens (including phenoxy) is 2. The average molecular weight is 288 g/mol. The van der Waals surface area contributed by atoms with E-state index in [1.165, 1.54) is 7.11 Å². The molecular formula is C13H18ClNO4. The van der Waals surface area contributed by atoms with Crippen LogP contribution in [0.4, 0.5) is 0 Å². The summed E-state index contributed by atoms with van der Waals surface area (Å²) in [6.07, 6.45) is 0.0296. The molecule has 0 aliphatic carbocycles. The Morgan fingerprint density at radius 3 is 2.53 bits per heavy atom. The van der Waals surface area contributed by atoms with Gasteiger partial charge in [-0.15, -0.1) is 12.4 Å². The van der Waals surface area contributed by atoms with Crippen molar-refractivity contribution in [3.8, 4) is 0 Å². The van der Waals surface area contributed by atoms with Crippen molar-refractivity contribution in [1.29, 1.82) is 0 Å². The van der Waals surface area contributed by atoms with Crippen LogP contribution >= 0.6 is 12.4 Å². The molecule has 0 fully saturated rings. The first kappa shape index (κ1) is 17.4. The van der Waals surface area contributed by atoms with Crippen LogP contribution in [-0.4, -0.2) is 25.7 Å². The number of rotatable bonds is 5. The smallest absolute Gasteiger partial charge is 0.338 e. The van der Waals surface area contributed by atoms with Gasteiger partial charge >= 0.3 is 11.9 Å². The number of carbonyl (C=O) groups excluding carboxylic acids is 2. The lowest BCUT2D eigenvalue weighted by Crippen LogP contribution is -2.20. The molecule has 0 heterocycles. The van der Waals surface area contributed by atoms with E-state index in [0.717, 1.165) is 0 Å². The monoisotopic (exact) mass is 287 g/mol. The Kier molecular flexibility index (Phi) is 7.79. The van der Waals surface area contributed by atoms with E-state index in [1.807, 2.05) is 0 Å². The van der Waals surface area contributed by atoms with Crippen LogP contribution in [-0.2, 0) is 14.3 Å². The molecule has 2 N–H and O–H groups in total. The number of halogens is 1. The van der Waals surface area contributed by atoms with Crippen LogP contribution in [0.5, 0.6) is 0 Å². The highest BCUT2D eigenvalue weighted by Gasteiger charge is 2.19. The van der Waals surface area contributed by atoms with E-state index in [-0.39, 0.29) is 24.8 Å². The number of methoxy groups -OCH3 is 1. The molecule has 0 radical (unpaired) electrons. The maximum atomic E-state index is 11.6.